The molecule has 0 radical (unpaired) electrons. The number of H-pyrrole nitrogens is 1. The Bertz CT molecular complexity index is 565. The third-order valence-corrected chi connectivity index (χ3v) is 3.10. The van der Waals surface area contributed by atoms with Crippen LogP contribution >= 0.6 is 0 Å². The van der Waals surface area contributed by atoms with Crippen molar-refractivity contribution in [2.75, 3.05) is 11.9 Å². The number of nitrogens with zero attached hydrogens (tertiary/aromatic N) is 1. The molecular weight excluding hydrogens is 266 g/mol. The van der Waals surface area contributed by atoms with Gasteiger partial charge in [-0.25, -0.2) is 9.78 Å². The molecule has 0 spiro atoms. The fourth-order valence-corrected chi connectivity index (χ4v) is 1.97. The lowest BCUT2D eigenvalue weighted by molar-refractivity contribution is 0.252. The van der Waals surface area contributed by atoms with Gasteiger partial charge in [0.1, 0.15) is 5.82 Å². The first-order valence-electron chi connectivity index (χ1n) is 7.04. The molecule has 6 heteroatoms. The van der Waals surface area contributed by atoms with Gasteiger partial charge in [-0.15, -0.1) is 0 Å². The number of aromatic nitrogens is 2. The number of rotatable bonds is 6. The van der Waals surface area contributed by atoms with Crippen molar-refractivity contribution in [3.8, 4) is 0 Å². The molecule has 1 heterocycles. The summed E-state index contributed by atoms with van der Waals surface area (Å²) in [5, 5.41) is 5.62. The third kappa shape index (κ3) is 4.92. The highest BCUT2D eigenvalue weighted by Crippen LogP contribution is 2.15. The molecule has 112 valence electrons. The van der Waals surface area contributed by atoms with Gasteiger partial charge in [0.2, 0.25) is 0 Å². The van der Waals surface area contributed by atoms with Gasteiger partial charge in [-0.1, -0.05) is 12.1 Å². The second-order valence-electron chi connectivity index (χ2n) is 4.93. The number of amides is 2. The van der Waals surface area contributed by atoms with E-state index in [2.05, 4.69) is 20.6 Å². The van der Waals surface area contributed by atoms with Gasteiger partial charge in [0, 0.05) is 37.1 Å². The van der Waals surface area contributed by atoms with Gasteiger partial charge in [-0.05, 0) is 31.0 Å². The second-order valence-corrected chi connectivity index (χ2v) is 4.93. The maximum absolute atomic E-state index is 11.8. The molecule has 2 aromatic rings. The number of hydrogen-bond donors (Lipinski definition) is 4. The summed E-state index contributed by atoms with van der Waals surface area (Å²) in [7, 11) is 0. The lowest BCUT2D eigenvalue weighted by Gasteiger charge is -2.10. The molecule has 0 aliphatic carbocycles. The van der Waals surface area contributed by atoms with Crippen LogP contribution in [0.15, 0.2) is 36.7 Å². The van der Waals surface area contributed by atoms with E-state index in [1.807, 2.05) is 31.2 Å². The third-order valence-electron chi connectivity index (χ3n) is 3.10. The second kappa shape index (κ2) is 7.44. The number of aryl methyl sites for hydroxylation is 1. The molecule has 0 aliphatic rings. The molecule has 5 N–H and O–H groups in total. The van der Waals surface area contributed by atoms with Gasteiger partial charge < -0.3 is 21.4 Å². The lowest BCUT2D eigenvalue weighted by Crippen LogP contribution is -2.29. The van der Waals surface area contributed by atoms with Crippen molar-refractivity contribution < 1.29 is 4.79 Å². The number of urea groups is 1. The van der Waals surface area contributed by atoms with Crippen LogP contribution in [0.2, 0.25) is 0 Å². The Morgan fingerprint density at radius 3 is 3.05 bits per heavy atom. The first kappa shape index (κ1) is 15.1. The molecule has 0 aliphatic heterocycles. The molecule has 1 unspecified atom stereocenters. The van der Waals surface area contributed by atoms with Gasteiger partial charge in [-0.3, -0.25) is 0 Å². The molecule has 0 fully saturated rings. The Morgan fingerprint density at radius 1 is 1.48 bits per heavy atom. The number of carbonyl (C=O) groups is 1. The molecule has 1 aromatic carbocycles. The standard InChI is InChI=1S/C15H21N5O/c1-11(16)12-4-2-5-13(10-12)20-15(21)19-7-3-6-14-17-8-9-18-14/h2,4-5,8-11H,3,6-7,16H2,1H3,(H,17,18)(H2,19,20,21). The van der Waals surface area contributed by atoms with E-state index in [0.717, 1.165) is 29.9 Å². The van der Waals surface area contributed by atoms with Crippen LogP contribution in [0.1, 0.15) is 30.8 Å². The number of nitrogens with two attached hydrogens (primary N) is 1. The van der Waals surface area contributed by atoms with Crippen molar-refractivity contribution in [3.05, 3.63) is 48.0 Å². The molecule has 2 amide bonds. The van der Waals surface area contributed by atoms with Crippen molar-refractivity contribution in [2.24, 2.45) is 5.73 Å². The van der Waals surface area contributed by atoms with Crippen LogP contribution < -0.4 is 16.4 Å². The van der Waals surface area contributed by atoms with Crippen molar-refractivity contribution in [1.29, 1.82) is 0 Å². The van der Waals surface area contributed by atoms with Crippen molar-refractivity contribution >= 4 is 11.7 Å². The first-order valence-corrected chi connectivity index (χ1v) is 7.04. The quantitative estimate of drug-likeness (QED) is 0.613. The number of imidazole rings is 1. The largest absolute Gasteiger partial charge is 0.349 e. The maximum Gasteiger partial charge on any atom is 0.319 e. The Labute approximate surface area is 124 Å². The summed E-state index contributed by atoms with van der Waals surface area (Å²) in [5.41, 5.74) is 7.56. The highest BCUT2D eigenvalue weighted by atomic mass is 16.2. The normalized spacial score (nSPS) is 11.9. The van der Waals surface area contributed by atoms with Crippen LogP contribution in [0, 0.1) is 0 Å². The summed E-state index contributed by atoms with van der Waals surface area (Å²) in [5.74, 6) is 0.932. The molecule has 0 bridgehead atoms. The van der Waals surface area contributed by atoms with Crippen LogP contribution in [0.5, 0.6) is 0 Å². The van der Waals surface area contributed by atoms with Gasteiger partial charge in [0.25, 0.3) is 0 Å². The molecule has 1 aromatic heterocycles. The SMILES string of the molecule is CC(N)c1cccc(NC(=O)NCCCc2ncc[nH]2)c1. The molecule has 0 saturated carbocycles. The predicted octanol–water partition coefficient (Wildman–Crippen LogP) is 2.18. The highest BCUT2D eigenvalue weighted by molar-refractivity contribution is 5.89. The molecule has 2 rings (SSSR count). The number of aromatic amines is 1. The van der Waals surface area contributed by atoms with Crippen molar-refractivity contribution in [2.45, 2.75) is 25.8 Å². The van der Waals surface area contributed by atoms with Crippen LogP contribution in [0.25, 0.3) is 0 Å². The van der Waals surface area contributed by atoms with Crippen molar-refractivity contribution in [3.63, 3.8) is 0 Å². The molecule has 6 nitrogen and oxygen atoms in total. The van der Waals surface area contributed by atoms with E-state index in [-0.39, 0.29) is 12.1 Å². The van der Waals surface area contributed by atoms with E-state index >= 15 is 0 Å². The van der Waals surface area contributed by atoms with Gasteiger partial charge >= 0.3 is 6.03 Å². The van der Waals surface area contributed by atoms with E-state index in [9.17, 15) is 4.79 Å². The minimum Gasteiger partial charge on any atom is -0.349 e. The minimum absolute atomic E-state index is 0.0527. The van der Waals surface area contributed by atoms with E-state index in [1.54, 1.807) is 12.4 Å². The van der Waals surface area contributed by atoms with Crippen LogP contribution in [-0.2, 0) is 6.42 Å². The summed E-state index contributed by atoms with van der Waals surface area (Å²) in [6.45, 7) is 2.51. The zero-order valence-electron chi connectivity index (χ0n) is 12.1. The highest BCUT2D eigenvalue weighted by Gasteiger charge is 2.04. The Kier molecular flexibility index (Phi) is 5.34. The summed E-state index contributed by atoms with van der Waals surface area (Å²) in [4.78, 5) is 18.9. The average Bonchev–Trinajstić information content (AvgIpc) is 2.97. The molecule has 0 saturated heterocycles. The Balaban J connectivity index is 1.72. The fourth-order valence-electron chi connectivity index (χ4n) is 1.97. The van der Waals surface area contributed by atoms with E-state index in [0.29, 0.717) is 6.54 Å². The number of nitrogens with one attached hydrogen (secondary N) is 3. The summed E-state index contributed by atoms with van der Waals surface area (Å²) in [6, 6.07) is 7.28. The van der Waals surface area contributed by atoms with E-state index in [1.165, 1.54) is 0 Å². The number of carbonyl (C=O) groups excluding carboxylic acids is 1. The maximum atomic E-state index is 11.8. The van der Waals surface area contributed by atoms with E-state index < -0.39 is 0 Å². The van der Waals surface area contributed by atoms with Crippen LogP contribution in [0.4, 0.5) is 10.5 Å². The summed E-state index contributed by atoms with van der Waals surface area (Å²) < 4.78 is 0. The van der Waals surface area contributed by atoms with Crippen molar-refractivity contribution in [1.82, 2.24) is 15.3 Å². The lowest BCUT2D eigenvalue weighted by atomic mass is 10.1. The van der Waals surface area contributed by atoms with Gasteiger partial charge in [-0.2, -0.15) is 0 Å². The Hall–Kier alpha value is -2.34. The molecule has 21 heavy (non-hydrogen) atoms. The Morgan fingerprint density at radius 2 is 2.33 bits per heavy atom. The number of benzene rings is 1. The first-order chi connectivity index (χ1) is 10.1. The zero-order chi connectivity index (χ0) is 15.1. The topological polar surface area (TPSA) is 95.8 Å². The zero-order valence-corrected chi connectivity index (χ0v) is 12.1. The molecule has 1 atom stereocenters. The molecular formula is C15H21N5O. The smallest absolute Gasteiger partial charge is 0.319 e. The van der Waals surface area contributed by atoms with Crippen LogP contribution in [0.3, 0.4) is 0 Å². The summed E-state index contributed by atoms with van der Waals surface area (Å²) >= 11 is 0. The number of anilines is 1. The van der Waals surface area contributed by atoms with Gasteiger partial charge in [0.15, 0.2) is 0 Å². The monoisotopic (exact) mass is 287 g/mol. The predicted molar refractivity (Wildman–Crippen MR) is 83.0 cm³/mol. The fraction of sp³-hybridized carbons (Fsp3) is 0.333. The van der Waals surface area contributed by atoms with Crippen LogP contribution in [-0.4, -0.2) is 22.5 Å². The summed E-state index contributed by atoms with van der Waals surface area (Å²) in [6.07, 6.45) is 5.16. The van der Waals surface area contributed by atoms with E-state index in [4.69, 9.17) is 5.73 Å². The minimum atomic E-state index is -0.212. The number of hydrogen-bond acceptors (Lipinski definition) is 3. The average molecular weight is 287 g/mol. The van der Waals surface area contributed by atoms with Gasteiger partial charge in [0.05, 0.1) is 0 Å².